The van der Waals surface area contributed by atoms with Gasteiger partial charge in [0.1, 0.15) is 5.69 Å². The van der Waals surface area contributed by atoms with E-state index in [-0.39, 0.29) is 17.6 Å². The van der Waals surface area contributed by atoms with Crippen LogP contribution in [0.15, 0.2) is 12.1 Å². The predicted molar refractivity (Wildman–Crippen MR) is 52.2 cm³/mol. The number of methoxy groups -OCH3 is 1. The van der Waals surface area contributed by atoms with Crippen molar-refractivity contribution in [1.82, 2.24) is 14.8 Å². The van der Waals surface area contributed by atoms with E-state index in [1.165, 1.54) is 7.11 Å². The normalized spacial score (nSPS) is 10.6. The van der Waals surface area contributed by atoms with Crippen LogP contribution in [0.1, 0.15) is 0 Å². The fraction of sp³-hybridized carbons (Fsp3) is 0.111. The number of aromatic nitrogens is 3. The highest BCUT2D eigenvalue weighted by Crippen LogP contribution is 2.20. The quantitative estimate of drug-likeness (QED) is 0.808. The Morgan fingerprint density at radius 2 is 1.82 bits per heavy atom. The first-order valence-corrected chi connectivity index (χ1v) is 4.44. The molecule has 2 aromatic rings. The smallest absolute Gasteiger partial charge is 0.337 e. The van der Waals surface area contributed by atoms with Gasteiger partial charge in [0, 0.05) is 12.1 Å². The summed E-state index contributed by atoms with van der Waals surface area (Å²) in [5.74, 6) is -3.72. The average Bonchev–Trinajstić information content (AvgIpc) is 2.65. The second-order valence-corrected chi connectivity index (χ2v) is 3.09. The largest absolute Gasteiger partial charge is 0.466 e. The highest BCUT2D eigenvalue weighted by atomic mass is 19.2. The maximum atomic E-state index is 13.4. The maximum Gasteiger partial charge on any atom is 0.337 e. The van der Waals surface area contributed by atoms with E-state index in [9.17, 15) is 13.2 Å². The lowest BCUT2D eigenvalue weighted by molar-refractivity contribution is 0.379. The molecule has 1 aromatic carbocycles. The van der Waals surface area contributed by atoms with Gasteiger partial charge in [-0.15, -0.1) is 5.10 Å². The van der Waals surface area contributed by atoms with Crippen molar-refractivity contribution in [1.29, 1.82) is 0 Å². The number of rotatable bonds is 2. The minimum Gasteiger partial charge on any atom is -0.466 e. The molecule has 0 bridgehead atoms. The van der Waals surface area contributed by atoms with Gasteiger partial charge in [0.2, 0.25) is 5.95 Å². The van der Waals surface area contributed by atoms with Crippen molar-refractivity contribution in [2.75, 3.05) is 12.8 Å². The van der Waals surface area contributed by atoms with Crippen molar-refractivity contribution in [3.8, 4) is 11.7 Å². The van der Waals surface area contributed by atoms with Gasteiger partial charge in [-0.2, -0.15) is 9.67 Å². The van der Waals surface area contributed by atoms with E-state index in [1.54, 1.807) is 0 Å². The Bertz CT molecular complexity index is 570. The fourth-order valence-corrected chi connectivity index (χ4v) is 1.24. The third-order valence-electron chi connectivity index (χ3n) is 2.01. The number of halogens is 3. The van der Waals surface area contributed by atoms with Crippen molar-refractivity contribution in [2.45, 2.75) is 0 Å². The third-order valence-corrected chi connectivity index (χ3v) is 2.01. The Kier molecular flexibility index (Phi) is 2.62. The van der Waals surface area contributed by atoms with E-state index in [0.29, 0.717) is 12.1 Å². The second kappa shape index (κ2) is 3.96. The fourth-order valence-electron chi connectivity index (χ4n) is 1.24. The van der Waals surface area contributed by atoms with Crippen LogP contribution in [0.2, 0.25) is 0 Å². The summed E-state index contributed by atoms with van der Waals surface area (Å²) in [4.78, 5) is 3.62. The highest BCUT2D eigenvalue weighted by molar-refractivity contribution is 5.40. The molecule has 0 aliphatic carbocycles. The summed E-state index contributed by atoms with van der Waals surface area (Å²) < 4.78 is 44.6. The molecule has 2 rings (SSSR count). The van der Waals surface area contributed by atoms with E-state index in [4.69, 9.17) is 5.73 Å². The van der Waals surface area contributed by atoms with E-state index in [0.717, 1.165) is 4.68 Å². The summed E-state index contributed by atoms with van der Waals surface area (Å²) >= 11 is 0. The molecule has 0 amide bonds. The van der Waals surface area contributed by atoms with Gasteiger partial charge in [0.25, 0.3) is 0 Å². The number of benzene rings is 1. The van der Waals surface area contributed by atoms with Crippen LogP contribution in [0, 0.1) is 17.5 Å². The van der Waals surface area contributed by atoms with Gasteiger partial charge < -0.3 is 10.5 Å². The Balaban J connectivity index is 2.59. The molecule has 1 aromatic heterocycles. The molecule has 1 heterocycles. The highest BCUT2D eigenvalue weighted by Gasteiger charge is 2.16. The van der Waals surface area contributed by atoms with Gasteiger partial charge in [-0.1, -0.05) is 0 Å². The lowest BCUT2D eigenvalue weighted by Gasteiger charge is -2.04. The molecular formula is C9H7F3N4O. The zero-order valence-electron chi connectivity index (χ0n) is 8.62. The molecular weight excluding hydrogens is 237 g/mol. The summed E-state index contributed by atoms with van der Waals surface area (Å²) in [5, 5.41) is 3.66. The van der Waals surface area contributed by atoms with Crippen LogP contribution < -0.4 is 10.5 Å². The summed E-state index contributed by atoms with van der Waals surface area (Å²) in [7, 11) is 1.29. The molecule has 0 spiro atoms. The Morgan fingerprint density at radius 3 is 2.41 bits per heavy atom. The monoisotopic (exact) mass is 244 g/mol. The maximum absolute atomic E-state index is 13.4. The Morgan fingerprint density at radius 1 is 1.18 bits per heavy atom. The lowest BCUT2D eigenvalue weighted by Crippen LogP contribution is -2.06. The molecule has 0 aliphatic rings. The van der Waals surface area contributed by atoms with Crippen LogP contribution in [0.3, 0.4) is 0 Å². The summed E-state index contributed by atoms with van der Waals surface area (Å²) in [5.41, 5.74) is 5.08. The first kappa shape index (κ1) is 11.2. The predicted octanol–water partition coefficient (Wildman–Crippen LogP) is 1.28. The number of nitrogens with two attached hydrogens (primary N) is 1. The summed E-state index contributed by atoms with van der Waals surface area (Å²) in [6.45, 7) is 0. The van der Waals surface area contributed by atoms with E-state index >= 15 is 0 Å². The Labute approximate surface area is 93.6 Å². The molecule has 0 fully saturated rings. The molecule has 0 saturated heterocycles. The van der Waals surface area contributed by atoms with Gasteiger partial charge in [-0.3, -0.25) is 0 Å². The Hall–Kier alpha value is -2.25. The van der Waals surface area contributed by atoms with Crippen LogP contribution in [0.5, 0.6) is 6.01 Å². The summed E-state index contributed by atoms with van der Waals surface area (Å²) in [6.07, 6.45) is 0. The number of anilines is 1. The molecule has 8 heteroatoms. The first-order chi connectivity index (χ1) is 8.02. The van der Waals surface area contributed by atoms with Gasteiger partial charge >= 0.3 is 6.01 Å². The average molecular weight is 244 g/mol. The van der Waals surface area contributed by atoms with Crippen LogP contribution in [0.4, 0.5) is 19.1 Å². The molecule has 0 saturated carbocycles. The van der Waals surface area contributed by atoms with E-state index in [2.05, 4.69) is 14.8 Å². The van der Waals surface area contributed by atoms with Crippen LogP contribution in [0.25, 0.3) is 5.69 Å². The molecule has 5 nitrogen and oxygen atoms in total. The molecule has 17 heavy (non-hydrogen) atoms. The standard InChI is InChI=1S/C9H7F3N4O/c1-17-9-14-8(13)16(15-9)7-3-5(11)4(10)2-6(7)12/h2-3H,1H3,(H2,13,14,15). The topological polar surface area (TPSA) is 66.0 Å². The molecule has 0 atom stereocenters. The third kappa shape index (κ3) is 1.88. The van der Waals surface area contributed by atoms with Gasteiger partial charge in [0.05, 0.1) is 7.11 Å². The minimum absolute atomic E-state index is 0.105. The van der Waals surface area contributed by atoms with Crippen LogP contribution in [-0.2, 0) is 0 Å². The van der Waals surface area contributed by atoms with Gasteiger partial charge in [-0.05, 0) is 0 Å². The first-order valence-electron chi connectivity index (χ1n) is 4.44. The van der Waals surface area contributed by atoms with Crippen LogP contribution >= 0.6 is 0 Å². The molecule has 0 radical (unpaired) electrons. The number of nitrogen functional groups attached to an aromatic ring is 1. The zero-order valence-corrected chi connectivity index (χ0v) is 8.62. The minimum atomic E-state index is -1.29. The molecule has 2 N–H and O–H groups in total. The van der Waals surface area contributed by atoms with E-state index in [1.807, 2.05) is 0 Å². The summed E-state index contributed by atoms with van der Waals surface area (Å²) in [6, 6.07) is 0.930. The number of ether oxygens (including phenoxy) is 1. The second-order valence-electron chi connectivity index (χ2n) is 3.09. The molecule has 0 aliphatic heterocycles. The molecule has 0 unspecified atom stereocenters. The number of hydrogen-bond acceptors (Lipinski definition) is 4. The van der Waals surface area contributed by atoms with Crippen molar-refractivity contribution in [3.63, 3.8) is 0 Å². The number of nitrogens with zero attached hydrogens (tertiary/aromatic N) is 3. The van der Waals surface area contributed by atoms with Gasteiger partial charge in [0.15, 0.2) is 17.5 Å². The lowest BCUT2D eigenvalue weighted by atomic mass is 10.3. The molecule has 90 valence electrons. The van der Waals surface area contributed by atoms with Crippen molar-refractivity contribution >= 4 is 5.95 Å². The van der Waals surface area contributed by atoms with Crippen molar-refractivity contribution < 1.29 is 17.9 Å². The SMILES string of the molecule is COc1nc(N)n(-c2cc(F)c(F)cc2F)n1. The number of hydrogen-bond donors (Lipinski definition) is 1. The zero-order chi connectivity index (χ0) is 12.6. The van der Waals surface area contributed by atoms with Crippen molar-refractivity contribution in [2.24, 2.45) is 0 Å². The van der Waals surface area contributed by atoms with Gasteiger partial charge in [-0.25, -0.2) is 13.2 Å². The van der Waals surface area contributed by atoms with Crippen molar-refractivity contribution in [3.05, 3.63) is 29.6 Å². The van der Waals surface area contributed by atoms with Crippen LogP contribution in [-0.4, -0.2) is 21.9 Å². The van der Waals surface area contributed by atoms with E-state index < -0.39 is 17.5 Å².